The summed E-state index contributed by atoms with van der Waals surface area (Å²) in [5.41, 5.74) is 0.243. The zero-order chi connectivity index (χ0) is 11.1. The summed E-state index contributed by atoms with van der Waals surface area (Å²) in [5.74, 6) is -0.361. The molecule has 3 nitrogen and oxygen atoms in total. The Labute approximate surface area is 89.0 Å². The van der Waals surface area contributed by atoms with E-state index in [2.05, 4.69) is 0 Å². The lowest BCUT2D eigenvalue weighted by Gasteiger charge is -2.03. The third kappa shape index (κ3) is 3.85. The van der Waals surface area contributed by atoms with Gasteiger partial charge in [-0.2, -0.15) is 0 Å². The van der Waals surface area contributed by atoms with Gasteiger partial charge in [-0.3, -0.25) is 0 Å². The highest BCUT2D eigenvalue weighted by atomic mass is 16.5. The van der Waals surface area contributed by atoms with Gasteiger partial charge in [-0.05, 0) is 24.6 Å². The Morgan fingerprint density at radius 1 is 1.47 bits per heavy atom. The SMILES string of the molecule is CC/C=C\COc1cccc(C(=O)O)c1. The standard InChI is InChI=1S/C12H14O3/c1-2-3-4-8-15-11-7-5-6-10(9-11)12(13)14/h3-7,9H,2,8H2,1H3,(H,13,14)/b4-3-. The normalized spacial score (nSPS) is 10.5. The molecule has 0 aliphatic carbocycles. The molecule has 0 fully saturated rings. The topological polar surface area (TPSA) is 46.5 Å². The van der Waals surface area contributed by atoms with Gasteiger partial charge in [0.1, 0.15) is 12.4 Å². The van der Waals surface area contributed by atoms with Gasteiger partial charge in [0.05, 0.1) is 5.56 Å². The summed E-state index contributed by atoms with van der Waals surface area (Å²) in [7, 11) is 0. The third-order valence-corrected chi connectivity index (χ3v) is 1.83. The van der Waals surface area contributed by atoms with Crippen molar-refractivity contribution in [2.24, 2.45) is 0 Å². The highest BCUT2D eigenvalue weighted by Gasteiger charge is 2.02. The molecule has 0 atom stereocenters. The van der Waals surface area contributed by atoms with Crippen LogP contribution in [-0.2, 0) is 0 Å². The van der Waals surface area contributed by atoms with Crippen molar-refractivity contribution in [3.05, 3.63) is 42.0 Å². The molecule has 0 aliphatic rings. The van der Waals surface area contributed by atoms with Gasteiger partial charge < -0.3 is 9.84 Å². The first-order chi connectivity index (χ1) is 7.24. The van der Waals surface area contributed by atoms with Gasteiger partial charge in [-0.15, -0.1) is 0 Å². The summed E-state index contributed by atoms with van der Waals surface area (Å²) >= 11 is 0. The molecule has 0 radical (unpaired) electrons. The molecule has 80 valence electrons. The quantitative estimate of drug-likeness (QED) is 0.753. The highest BCUT2D eigenvalue weighted by molar-refractivity contribution is 5.87. The molecular weight excluding hydrogens is 192 g/mol. The van der Waals surface area contributed by atoms with Gasteiger partial charge in [0.25, 0.3) is 0 Å². The smallest absolute Gasteiger partial charge is 0.335 e. The number of ether oxygens (including phenoxy) is 1. The number of carboxylic acids is 1. The molecule has 0 aromatic heterocycles. The number of carbonyl (C=O) groups is 1. The van der Waals surface area contributed by atoms with Crippen LogP contribution in [0.25, 0.3) is 0 Å². The van der Waals surface area contributed by atoms with E-state index in [1.807, 2.05) is 19.1 Å². The van der Waals surface area contributed by atoms with Gasteiger partial charge in [-0.1, -0.05) is 25.1 Å². The van der Waals surface area contributed by atoms with Gasteiger partial charge >= 0.3 is 5.97 Å². The Kier molecular flexibility index (Phi) is 4.41. The summed E-state index contributed by atoms with van der Waals surface area (Å²) in [6.07, 6.45) is 4.88. The van der Waals surface area contributed by atoms with Gasteiger partial charge in [-0.25, -0.2) is 4.79 Å². The predicted molar refractivity (Wildman–Crippen MR) is 58.3 cm³/mol. The number of aromatic carboxylic acids is 1. The zero-order valence-corrected chi connectivity index (χ0v) is 8.64. The van der Waals surface area contributed by atoms with Crippen molar-refractivity contribution in [2.45, 2.75) is 13.3 Å². The molecule has 0 saturated carbocycles. The van der Waals surface area contributed by atoms with E-state index in [-0.39, 0.29) is 5.56 Å². The second-order valence-corrected chi connectivity index (χ2v) is 3.02. The largest absolute Gasteiger partial charge is 0.490 e. The molecule has 0 aliphatic heterocycles. The fourth-order valence-electron chi connectivity index (χ4n) is 1.10. The Morgan fingerprint density at radius 3 is 2.93 bits per heavy atom. The lowest BCUT2D eigenvalue weighted by molar-refractivity contribution is 0.0696. The molecule has 0 heterocycles. The monoisotopic (exact) mass is 206 g/mol. The van der Waals surface area contributed by atoms with E-state index in [0.29, 0.717) is 12.4 Å². The molecule has 3 heteroatoms. The summed E-state index contributed by atoms with van der Waals surface area (Å²) in [6, 6.07) is 6.47. The number of allylic oxidation sites excluding steroid dienone is 1. The minimum absolute atomic E-state index is 0.243. The average Bonchev–Trinajstić information content (AvgIpc) is 2.25. The Balaban J connectivity index is 2.58. The number of carboxylic acid groups (broad SMARTS) is 1. The van der Waals surface area contributed by atoms with E-state index in [1.165, 1.54) is 12.1 Å². The fraction of sp³-hybridized carbons (Fsp3) is 0.250. The van der Waals surface area contributed by atoms with E-state index in [9.17, 15) is 4.79 Å². The molecule has 0 amide bonds. The molecule has 1 aromatic rings. The van der Waals surface area contributed by atoms with Crippen molar-refractivity contribution in [3.8, 4) is 5.75 Å². The van der Waals surface area contributed by atoms with Crippen LogP contribution < -0.4 is 4.74 Å². The van der Waals surface area contributed by atoms with Crippen LogP contribution in [0.1, 0.15) is 23.7 Å². The maximum absolute atomic E-state index is 10.7. The molecule has 1 aromatic carbocycles. The van der Waals surface area contributed by atoms with E-state index >= 15 is 0 Å². The summed E-state index contributed by atoms with van der Waals surface area (Å²) in [6.45, 7) is 2.51. The molecular formula is C12H14O3. The number of hydrogen-bond acceptors (Lipinski definition) is 2. The third-order valence-electron chi connectivity index (χ3n) is 1.83. The number of hydrogen-bond donors (Lipinski definition) is 1. The van der Waals surface area contributed by atoms with Crippen molar-refractivity contribution in [1.29, 1.82) is 0 Å². The van der Waals surface area contributed by atoms with Crippen LogP contribution in [0, 0.1) is 0 Å². The first kappa shape index (κ1) is 11.3. The van der Waals surface area contributed by atoms with Crippen molar-refractivity contribution in [3.63, 3.8) is 0 Å². The van der Waals surface area contributed by atoms with Crippen molar-refractivity contribution >= 4 is 5.97 Å². The fourth-order valence-corrected chi connectivity index (χ4v) is 1.10. The van der Waals surface area contributed by atoms with E-state index in [1.54, 1.807) is 12.1 Å². The Morgan fingerprint density at radius 2 is 2.27 bits per heavy atom. The van der Waals surface area contributed by atoms with Crippen LogP contribution >= 0.6 is 0 Å². The maximum atomic E-state index is 10.7. The Bertz CT molecular complexity index is 356. The highest BCUT2D eigenvalue weighted by Crippen LogP contribution is 2.13. The number of rotatable bonds is 5. The Hall–Kier alpha value is -1.77. The van der Waals surface area contributed by atoms with E-state index < -0.39 is 5.97 Å². The summed E-state index contributed by atoms with van der Waals surface area (Å²) < 4.78 is 5.35. The molecule has 0 spiro atoms. The maximum Gasteiger partial charge on any atom is 0.335 e. The van der Waals surface area contributed by atoms with Crippen molar-refractivity contribution < 1.29 is 14.6 Å². The lowest BCUT2D eigenvalue weighted by Crippen LogP contribution is -1.98. The summed E-state index contributed by atoms with van der Waals surface area (Å²) in [5, 5.41) is 8.75. The van der Waals surface area contributed by atoms with Crippen LogP contribution in [0.2, 0.25) is 0 Å². The van der Waals surface area contributed by atoms with Gasteiger partial charge in [0.15, 0.2) is 0 Å². The van der Waals surface area contributed by atoms with Crippen LogP contribution in [0.3, 0.4) is 0 Å². The molecule has 0 bridgehead atoms. The molecule has 15 heavy (non-hydrogen) atoms. The molecule has 0 saturated heterocycles. The molecule has 0 unspecified atom stereocenters. The second kappa shape index (κ2) is 5.86. The predicted octanol–water partition coefficient (Wildman–Crippen LogP) is 2.73. The van der Waals surface area contributed by atoms with Crippen molar-refractivity contribution in [2.75, 3.05) is 6.61 Å². The lowest BCUT2D eigenvalue weighted by atomic mass is 10.2. The van der Waals surface area contributed by atoms with E-state index in [4.69, 9.17) is 9.84 Å². The minimum atomic E-state index is -0.940. The summed E-state index contributed by atoms with van der Waals surface area (Å²) in [4.78, 5) is 10.7. The second-order valence-electron chi connectivity index (χ2n) is 3.02. The molecule has 1 N–H and O–H groups in total. The van der Waals surface area contributed by atoms with Gasteiger partial charge in [0.2, 0.25) is 0 Å². The van der Waals surface area contributed by atoms with Crippen LogP contribution in [0.5, 0.6) is 5.75 Å². The van der Waals surface area contributed by atoms with Gasteiger partial charge in [0, 0.05) is 0 Å². The van der Waals surface area contributed by atoms with Crippen molar-refractivity contribution in [1.82, 2.24) is 0 Å². The first-order valence-electron chi connectivity index (χ1n) is 4.85. The first-order valence-corrected chi connectivity index (χ1v) is 4.85. The molecule has 1 rings (SSSR count). The van der Waals surface area contributed by atoms with Crippen LogP contribution in [0.15, 0.2) is 36.4 Å². The van der Waals surface area contributed by atoms with Crippen LogP contribution in [-0.4, -0.2) is 17.7 Å². The van der Waals surface area contributed by atoms with Crippen LogP contribution in [0.4, 0.5) is 0 Å². The van der Waals surface area contributed by atoms with E-state index in [0.717, 1.165) is 6.42 Å². The average molecular weight is 206 g/mol. The number of benzene rings is 1. The zero-order valence-electron chi connectivity index (χ0n) is 8.64. The minimum Gasteiger partial charge on any atom is -0.490 e.